The monoisotopic (exact) mass is 291 g/mol. The van der Waals surface area contributed by atoms with Crippen LogP contribution in [0.4, 0.5) is 11.6 Å². The molecule has 0 bridgehead atoms. The largest absolute Gasteiger partial charge is 0.379 e. The van der Waals surface area contributed by atoms with Crippen molar-refractivity contribution >= 4 is 11.6 Å². The Labute approximate surface area is 126 Å². The summed E-state index contributed by atoms with van der Waals surface area (Å²) in [6, 6.07) is 2.55. The van der Waals surface area contributed by atoms with Crippen LogP contribution in [0.15, 0.2) is 12.4 Å². The highest BCUT2D eigenvalue weighted by molar-refractivity contribution is 5.48. The number of aromatic nitrogens is 2. The summed E-state index contributed by atoms with van der Waals surface area (Å²) in [5, 5.41) is 3.45. The molecule has 1 aromatic heterocycles. The summed E-state index contributed by atoms with van der Waals surface area (Å²) in [7, 11) is 0. The maximum Gasteiger partial charge on any atom is 0.134 e. The van der Waals surface area contributed by atoms with Gasteiger partial charge in [0.25, 0.3) is 0 Å². The lowest BCUT2D eigenvalue weighted by atomic mass is 10.2. The van der Waals surface area contributed by atoms with Crippen LogP contribution in [0.2, 0.25) is 0 Å². The molecular weight excluding hydrogens is 266 g/mol. The van der Waals surface area contributed by atoms with Crippen LogP contribution in [0.3, 0.4) is 0 Å². The van der Waals surface area contributed by atoms with E-state index in [1.807, 2.05) is 0 Å². The minimum absolute atomic E-state index is 0.485. The zero-order valence-electron chi connectivity index (χ0n) is 12.8. The molecule has 116 valence electrons. The molecule has 1 aromatic rings. The Hall–Kier alpha value is -1.40. The van der Waals surface area contributed by atoms with Crippen LogP contribution in [0.5, 0.6) is 0 Å². The molecule has 21 heavy (non-hydrogen) atoms. The summed E-state index contributed by atoms with van der Waals surface area (Å²) in [5.74, 6) is 1.97. The normalized spacial score (nSPS) is 21.5. The topological polar surface area (TPSA) is 53.5 Å². The van der Waals surface area contributed by atoms with Gasteiger partial charge in [0.15, 0.2) is 0 Å². The molecule has 2 fully saturated rings. The van der Waals surface area contributed by atoms with Crippen LogP contribution in [0, 0.1) is 0 Å². The molecule has 0 amide bonds. The molecule has 1 unspecified atom stereocenters. The summed E-state index contributed by atoms with van der Waals surface area (Å²) in [4.78, 5) is 13.5. The SMILES string of the molecule is CC(CNc1cc(N2CCCC2)ncn1)N1CCOCC1. The minimum atomic E-state index is 0.485. The van der Waals surface area contributed by atoms with Gasteiger partial charge in [0.1, 0.15) is 18.0 Å². The third-order valence-electron chi connectivity index (χ3n) is 4.33. The molecule has 0 spiro atoms. The van der Waals surface area contributed by atoms with Crippen LogP contribution in [0.1, 0.15) is 19.8 Å². The number of ether oxygens (including phenoxy) is 1. The van der Waals surface area contributed by atoms with Crippen LogP contribution >= 0.6 is 0 Å². The lowest BCUT2D eigenvalue weighted by molar-refractivity contribution is 0.0227. The van der Waals surface area contributed by atoms with Crippen molar-refractivity contribution in [1.29, 1.82) is 0 Å². The Kier molecular flexibility index (Phi) is 4.87. The van der Waals surface area contributed by atoms with Gasteiger partial charge in [0.2, 0.25) is 0 Å². The van der Waals surface area contributed by atoms with Crippen molar-refractivity contribution in [2.24, 2.45) is 0 Å². The first-order valence-corrected chi connectivity index (χ1v) is 7.95. The first-order chi connectivity index (χ1) is 10.3. The van der Waals surface area contributed by atoms with Crippen molar-refractivity contribution in [2.45, 2.75) is 25.8 Å². The van der Waals surface area contributed by atoms with E-state index in [1.165, 1.54) is 12.8 Å². The fourth-order valence-electron chi connectivity index (χ4n) is 2.96. The summed E-state index contributed by atoms with van der Waals surface area (Å²) in [6.45, 7) is 9.10. The lowest BCUT2D eigenvalue weighted by Crippen LogP contribution is -2.45. The predicted molar refractivity (Wildman–Crippen MR) is 83.8 cm³/mol. The molecule has 1 N–H and O–H groups in total. The van der Waals surface area contributed by atoms with Gasteiger partial charge in [-0.3, -0.25) is 4.90 Å². The second kappa shape index (κ2) is 7.04. The number of nitrogens with zero attached hydrogens (tertiary/aromatic N) is 4. The molecule has 0 aromatic carbocycles. The highest BCUT2D eigenvalue weighted by atomic mass is 16.5. The summed E-state index contributed by atoms with van der Waals surface area (Å²) in [5.41, 5.74) is 0. The smallest absolute Gasteiger partial charge is 0.134 e. The molecule has 0 aliphatic carbocycles. The average Bonchev–Trinajstić information content (AvgIpc) is 3.08. The highest BCUT2D eigenvalue weighted by Crippen LogP contribution is 2.19. The molecule has 2 aliphatic rings. The van der Waals surface area contributed by atoms with Gasteiger partial charge in [-0.15, -0.1) is 0 Å². The van der Waals surface area contributed by atoms with Gasteiger partial charge in [-0.1, -0.05) is 0 Å². The lowest BCUT2D eigenvalue weighted by Gasteiger charge is -2.32. The van der Waals surface area contributed by atoms with E-state index in [4.69, 9.17) is 4.74 Å². The Morgan fingerprint density at radius 1 is 1.19 bits per heavy atom. The Morgan fingerprint density at radius 3 is 2.71 bits per heavy atom. The molecular formula is C15H25N5O. The molecule has 0 saturated carbocycles. The third-order valence-corrected chi connectivity index (χ3v) is 4.33. The predicted octanol–water partition coefficient (Wildman–Crippen LogP) is 1.21. The maximum absolute atomic E-state index is 5.40. The molecule has 2 aliphatic heterocycles. The van der Waals surface area contributed by atoms with Gasteiger partial charge in [-0.2, -0.15) is 0 Å². The minimum Gasteiger partial charge on any atom is -0.379 e. The fraction of sp³-hybridized carbons (Fsp3) is 0.733. The van der Waals surface area contributed by atoms with Crippen molar-refractivity contribution < 1.29 is 4.74 Å². The first kappa shape index (κ1) is 14.5. The van der Waals surface area contributed by atoms with Crippen molar-refractivity contribution in [2.75, 3.05) is 56.2 Å². The van der Waals surface area contributed by atoms with Gasteiger partial charge in [-0.25, -0.2) is 9.97 Å². The second-order valence-electron chi connectivity index (χ2n) is 5.83. The van der Waals surface area contributed by atoms with Gasteiger partial charge < -0.3 is 15.0 Å². The Morgan fingerprint density at radius 2 is 1.95 bits per heavy atom. The van der Waals surface area contributed by atoms with Crippen molar-refractivity contribution in [1.82, 2.24) is 14.9 Å². The molecule has 0 radical (unpaired) electrons. The number of nitrogens with one attached hydrogen (secondary N) is 1. The van der Waals surface area contributed by atoms with Crippen LogP contribution < -0.4 is 10.2 Å². The molecule has 2 saturated heterocycles. The van der Waals surface area contributed by atoms with E-state index in [0.29, 0.717) is 6.04 Å². The molecule has 3 rings (SSSR count). The van der Waals surface area contributed by atoms with Crippen molar-refractivity contribution in [3.05, 3.63) is 12.4 Å². The summed E-state index contributed by atoms with van der Waals surface area (Å²) >= 11 is 0. The maximum atomic E-state index is 5.40. The number of anilines is 2. The van der Waals surface area contributed by atoms with Gasteiger partial charge in [-0.05, 0) is 19.8 Å². The fourth-order valence-corrected chi connectivity index (χ4v) is 2.96. The van der Waals surface area contributed by atoms with Gasteiger partial charge in [0, 0.05) is 44.8 Å². The quantitative estimate of drug-likeness (QED) is 0.880. The number of morpholine rings is 1. The Balaban J connectivity index is 1.53. The van der Waals surface area contributed by atoms with E-state index in [1.54, 1.807) is 6.33 Å². The summed E-state index contributed by atoms with van der Waals surface area (Å²) < 4.78 is 5.40. The van der Waals surface area contributed by atoms with Gasteiger partial charge >= 0.3 is 0 Å². The standard InChI is InChI=1S/C15H25N5O/c1-13(19-6-8-21-9-7-19)11-16-14-10-15(18-12-17-14)20-4-2-3-5-20/h10,12-13H,2-9,11H2,1H3,(H,16,17,18). The van der Waals surface area contributed by atoms with E-state index in [0.717, 1.165) is 57.6 Å². The van der Waals surface area contributed by atoms with Gasteiger partial charge in [0.05, 0.1) is 13.2 Å². The van der Waals surface area contributed by atoms with Crippen LogP contribution in [0.25, 0.3) is 0 Å². The molecule has 6 nitrogen and oxygen atoms in total. The zero-order chi connectivity index (χ0) is 14.5. The highest BCUT2D eigenvalue weighted by Gasteiger charge is 2.17. The number of hydrogen-bond donors (Lipinski definition) is 1. The van der Waals surface area contributed by atoms with E-state index < -0.39 is 0 Å². The van der Waals surface area contributed by atoms with E-state index in [2.05, 4.69) is 38.1 Å². The van der Waals surface area contributed by atoms with E-state index in [9.17, 15) is 0 Å². The number of hydrogen-bond acceptors (Lipinski definition) is 6. The second-order valence-corrected chi connectivity index (χ2v) is 5.83. The zero-order valence-corrected chi connectivity index (χ0v) is 12.8. The number of rotatable bonds is 5. The van der Waals surface area contributed by atoms with Crippen LogP contribution in [-0.2, 0) is 4.74 Å². The average molecular weight is 291 g/mol. The molecule has 1 atom stereocenters. The van der Waals surface area contributed by atoms with E-state index >= 15 is 0 Å². The van der Waals surface area contributed by atoms with Crippen molar-refractivity contribution in [3.8, 4) is 0 Å². The molecule has 6 heteroatoms. The first-order valence-electron chi connectivity index (χ1n) is 7.95. The van der Waals surface area contributed by atoms with E-state index in [-0.39, 0.29) is 0 Å². The molecule has 3 heterocycles. The van der Waals surface area contributed by atoms with Crippen molar-refractivity contribution in [3.63, 3.8) is 0 Å². The van der Waals surface area contributed by atoms with Crippen LogP contribution in [-0.4, -0.2) is 66.8 Å². The Bertz CT molecular complexity index is 443. The third kappa shape index (κ3) is 3.83. The summed E-state index contributed by atoms with van der Waals surface area (Å²) in [6.07, 6.45) is 4.19.